The zero-order valence-corrected chi connectivity index (χ0v) is 24.3. The van der Waals surface area contributed by atoms with E-state index in [9.17, 15) is 9.59 Å². The fourth-order valence-corrected chi connectivity index (χ4v) is 5.46. The summed E-state index contributed by atoms with van der Waals surface area (Å²) in [5, 5.41) is 7.20. The number of amides is 2. The Kier molecular flexibility index (Phi) is 9.29. The lowest BCUT2D eigenvalue weighted by atomic mass is 9.87. The maximum atomic E-state index is 14.0. The van der Waals surface area contributed by atoms with Crippen LogP contribution in [0, 0.1) is 11.8 Å². The van der Waals surface area contributed by atoms with E-state index < -0.39 is 12.0 Å². The van der Waals surface area contributed by atoms with Crippen LogP contribution in [0.15, 0.2) is 35.4 Å². The van der Waals surface area contributed by atoms with Gasteiger partial charge >= 0.3 is 6.09 Å². The average Bonchev–Trinajstić information content (AvgIpc) is 3.38. The lowest BCUT2D eigenvalue weighted by Crippen LogP contribution is -2.45. The van der Waals surface area contributed by atoms with Gasteiger partial charge in [0, 0.05) is 17.4 Å². The van der Waals surface area contributed by atoms with E-state index in [0.717, 1.165) is 27.1 Å². The van der Waals surface area contributed by atoms with Crippen molar-refractivity contribution in [1.82, 2.24) is 4.90 Å². The van der Waals surface area contributed by atoms with Gasteiger partial charge in [-0.2, -0.15) is 0 Å². The number of fused-ring (bicyclic) bond motifs is 3. The second kappa shape index (κ2) is 12.9. The summed E-state index contributed by atoms with van der Waals surface area (Å²) in [7, 11) is 6.33. The molecule has 1 fully saturated rings. The number of hydrogen-bond acceptors (Lipinski definition) is 8. The fraction of sp³-hybridized carbons (Fsp3) is 0.467. The molecule has 1 heterocycles. The van der Waals surface area contributed by atoms with Crippen LogP contribution in [-0.2, 0) is 16.0 Å². The molecule has 0 unspecified atom stereocenters. The van der Waals surface area contributed by atoms with Gasteiger partial charge in [0.25, 0.3) is 0 Å². The maximum absolute atomic E-state index is 14.0. The molecule has 41 heavy (non-hydrogen) atoms. The highest BCUT2D eigenvalue weighted by molar-refractivity contribution is 6.11. The number of carbonyl (C=O) groups excluding carboxylic acids is 2. The van der Waals surface area contributed by atoms with Crippen LogP contribution in [0.1, 0.15) is 32.3 Å². The van der Waals surface area contributed by atoms with E-state index in [1.165, 1.54) is 4.90 Å². The van der Waals surface area contributed by atoms with E-state index in [1.54, 1.807) is 28.4 Å². The molecule has 4 rings (SSSR count). The highest BCUT2D eigenvalue weighted by atomic mass is 16.6. The first-order valence-electron chi connectivity index (χ1n) is 13.5. The van der Waals surface area contributed by atoms with Crippen molar-refractivity contribution in [3.8, 4) is 23.0 Å². The van der Waals surface area contributed by atoms with Crippen molar-refractivity contribution < 1.29 is 33.3 Å². The van der Waals surface area contributed by atoms with Crippen LogP contribution in [0.2, 0.25) is 0 Å². The molecule has 3 aromatic carbocycles. The molecule has 0 N–H and O–H groups in total. The number of ether oxygens (including phenoxy) is 5. The molecule has 0 aromatic heterocycles. The Bertz CT molecular complexity index is 1500. The van der Waals surface area contributed by atoms with Gasteiger partial charge in [-0.3, -0.25) is 4.79 Å². The van der Waals surface area contributed by atoms with Gasteiger partial charge in [0.2, 0.25) is 5.91 Å². The molecule has 3 aromatic rings. The SMILES string of the molecule is COc1cc2cc(C[C@H](CCCN=[N+]=[N-])C(=O)N3C(=O)OC[C@H]3C(C)C)c3cc(OC)c(OC)cc3c2cc1OC. The molecule has 1 aliphatic heterocycles. The molecule has 11 heteroatoms. The molecule has 2 amide bonds. The number of azide groups is 1. The molecule has 0 spiro atoms. The Morgan fingerprint density at radius 1 is 0.976 bits per heavy atom. The van der Waals surface area contributed by atoms with E-state index in [2.05, 4.69) is 10.0 Å². The van der Waals surface area contributed by atoms with Gasteiger partial charge in [0.15, 0.2) is 23.0 Å². The predicted molar refractivity (Wildman–Crippen MR) is 155 cm³/mol. The first-order chi connectivity index (χ1) is 19.8. The minimum Gasteiger partial charge on any atom is -0.493 e. The minimum absolute atomic E-state index is 0.0370. The summed E-state index contributed by atoms with van der Waals surface area (Å²) in [6.45, 7) is 4.34. The van der Waals surface area contributed by atoms with Gasteiger partial charge in [-0.25, -0.2) is 9.69 Å². The van der Waals surface area contributed by atoms with Crippen LogP contribution in [0.5, 0.6) is 23.0 Å². The third-order valence-corrected chi connectivity index (χ3v) is 7.65. The highest BCUT2D eigenvalue weighted by Crippen LogP contribution is 2.42. The Balaban J connectivity index is 1.89. The number of carbonyl (C=O) groups is 2. The monoisotopic (exact) mass is 564 g/mol. The van der Waals surface area contributed by atoms with Gasteiger partial charge in [-0.05, 0) is 82.1 Å². The molecule has 1 aliphatic rings. The zero-order chi connectivity index (χ0) is 29.7. The van der Waals surface area contributed by atoms with E-state index in [-0.39, 0.29) is 31.0 Å². The molecule has 0 bridgehead atoms. The normalized spacial score (nSPS) is 15.5. The van der Waals surface area contributed by atoms with Crippen LogP contribution in [0.4, 0.5) is 4.79 Å². The second-order valence-corrected chi connectivity index (χ2v) is 10.3. The Hall–Kier alpha value is -4.37. The van der Waals surface area contributed by atoms with E-state index >= 15 is 0 Å². The number of imide groups is 1. The summed E-state index contributed by atoms with van der Waals surface area (Å²) < 4.78 is 27.6. The van der Waals surface area contributed by atoms with Crippen molar-refractivity contribution in [3.63, 3.8) is 0 Å². The number of nitrogens with zero attached hydrogens (tertiary/aromatic N) is 4. The predicted octanol–water partition coefficient (Wildman–Crippen LogP) is 6.28. The Morgan fingerprint density at radius 2 is 1.56 bits per heavy atom. The lowest BCUT2D eigenvalue weighted by Gasteiger charge is -2.27. The van der Waals surface area contributed by atoms with Crippen LogP contribution in [0.25, 0.3) is 32.0 Å². The first kappa shape index (κ1) is 29.6. The number of methoxy groups -OCH3 is 4. The van der Waals surface area contributed by atoms with Gasteiger partial charge in [-0.15, -0.1) is 0 Å². The van der Waals surface area contributed by atoms with Gasteiger partial charge < -0.3 is 23.7 Å². The number of benzene rings is 3. The molecular weight excluding hydrogens is 528 g/mol. The molecule has 1 saturated heterocycles. The van der Waals surface area contributed by atoms with Crippen molar-refractivity contribution in [3.05, 3.63) is 46.3 Å². The second-order valence-electron chi connectivity index (χ2n) is 10.3. The van der Waals surface area contributed by atoms with Gasteiger partial charge in [0.05, 0.1) is 34.5 Å². The maximum Gasteiger partial charge on any atom is 0.416 e. The summed E-state index contributed by atoms with van der Waals surface area (Å²) in [4.78, 5) is 30.8. The Morgan fingerprint density at radius 3 is 2.15 bits per heavy atom. The van der Waals surface area contributed by atoms with Crippen LogP contribution < -0.4 is 18.9 Å². The third-order valence-electron chi connectivity index (χ3n) is 7.65. The quantitative estimate of drug-likeness (QED) is 0.0831. The zero-order valence-electron chi connectivity index (χ0n) is 24.3. The topological polar surface area (TPSA) is 132 Å². The molecule has 2 atom stereocenters. The molecular formula is C30H36N4O7. The molecule has 11 nitrogen and oxygen atoms in total. The highest BCUT2D eigenvalue weighted by Gasteiger charge is 2.42. The minimum atomic E-state index is -0.625. The van der Waals surface area contributed by atoms with Crippen molar-refractivity contribution in [2.45, 2.75) is 39.2 Å². The molecule has 0 radical (unpaired) electrons. The number of rotatable bonds is 12. The summed E-state index contributed by atoms with van der Waals surface area (Å²) in [5.41, 5.74) is 9.64. The molecule has 0 saturated carbocycles. The summed E-state index contributed by atoms with van der Waals surface area (Å²) in [6, 6.07) is 9.32. The standard InChI is InChI=1S/C30H36N4O7/c1-17(2)24-16-41-30(36)34(24)29(35)18(8-7-9-32-33-31)10-19-11-20-12-25(37-3)26(38-4)14-22(20)23-15-28(40-6)27(39-5)13-21(19)23/h11-15,17-18,24H,7-10,16H2,1-6H3/t18-,24-/m0/s1. The van der Waals surface area contributed by atoms with Crippen molar-refractivity contribution in [1.29, 1.82) is 0 Å². The van der Waals surface area contributed by atoms with Crippen LogP contribution in [-0.4, -0.2) is 64.5 Å². The van der Waals surface area contributed by atoms with E-state index in [0.29, 0.717) is 42.3 Å². The fourth-order valence-electron chi connectivity index (χ4n) is 5.46. The molecule has 0 aliphatic carbocycles. The van der Waals surface area contributed by atoms with E-state index in [1.807, 2.05) is 44.2 Å². The molecule has 218 valence electrons. The Labute approximate surface area is 238 Å². The average molecular weight is 565 g/mol. The van der Waals surface area contributed by atoms with Crippen LogP contribution >= 0.6 is 0 Å². The number of hydrogen-bond donors (Lipinski definition) is 0. The van der Waals surface area contributed by atoms with E-state index in [4.69, 9.17) is 29.2 Å². The largest absolute Gasteiger partial charge is 0.493 e. The third kappa shape index (κ3) is 5.90. The smallest absolute Gasteiger partial charge is 0.416 e. The van der Waals surface area contributed by atoms with Gasteiger partial charge in [0.1, 0.15) is 6.61 Å². The van der Waals surface area contributed by atoms with Crippen molar-refractivity contribution in [2.24, 2.45) is 17.0 Å². The van der Waals surface area contributed by atoms with Crippen molar-refractivity contribution >= 4 is 33.5 Å². The van der Waals surface area contributed by atoms with Crippen molar-refractivity contribution in [2.75, 3.05) is 41.6 Å². The lowest BCUT2D eigenvalue weighted by molar-refractivity contribution is -0.134. The summed E-state index contributed by atoms with van der Waals surface area (Å²) in [5.74, 6) is 1.45. The van der Waals surface area contributed by atoms with Crippen LogP contribution in [0.3, 0.4) is 0 Å². The number of cyclic esters (lactones) is 1. The summed E-state index contributed by atoms with van der Waals surface area (Å²) in [6.07, 6.45) is 0.620. The first-order valence-corrected chi connectivity index (χ1v) is 13.5. The van der Waals surface area contributed by atoms with Gasteiger partial charge in [-0.1, -0.05) is 25.0 Å². The summed E-state index contributed by atoms with van der Waals surface area (Å²) >= 11 is 0.